The maximum absolute atomic E-state index is 5.46. The maximum atomic E-state index is 5.46. The molecule has 0 aromatic carbocycles. The molecule has 1 rings (SSSR count). The summed E-state index contributed by atoms with van der Waals surface area (Å²) in [5, 5.41) is 5.10. The van der Waals surface area contributed by atoms with Crippen molar-refractivity contribution in [3.8, 4) is 0 Å². The highest BCUT2D eigenvalue weighted by atomic mass is 32.2. The summed E-state index contributed by atoms with van der Waals surface area (Å²) in [5.41, 5.74) is 0. The molecule has 0 aromatic heterocycles. The van der Waals surface area contributed by atoms with E-state index in [-0.39, 0.29) is 0 Å². The van der Waals surface area contributed by atoms with Gasteiger partial charge in [-0.1, -0.05) is 32.0 Å². The number of unbranched alkanes of at least 4 members (excludes halogenated alkanes) is 1. The lowest BCUT2D eigenvalue weighted by Gasteiger charge is -2.07. The summed E-state index contributed by atoms with van der Waals surface area (Å²) in [4.78, 5) is 4.43. The van der Waals surface area contributed by atoms with E-state index in [2.05, 4.69) is 24.2 Å². The van der Waals surface area contributed by atoms with Crippen LogP contribution in [-0.2, 0) is 4.74 Å². The topological polar surface area (TPSA) is 33.6 Å². The van der Waals surface area contributed by atoms with Crippen molar-refractivity contribution in [2.75, 3.05) is 26.3 Å². The lowest BCUT2D eigenvalue weighted by molar-refractivity contribution is 0.136. The minimum absolute atomic E-state index is 0.688. The molecule has 1 N–H and O–H groups in total. The molecular formula is C11H22N2OS. The van der Waals surface area contributed by atoms with Crippen molar-refractivity contribution in [1.82, 2.24) is 5.32 Å². The van der Waals surface area contributed by atoms with Crippen LogP contribution in [0.4, 0.5) is 0 Å². The second kappa shape index (κ2) is 7.99. The molecule has 0 aliphatic carbocycles. The van der Waals surface area contributed by atoms with Gasteiger partial charge in [0.1, 0.15) is 0 Å². The molecule has 0 bridgehead atoms. The molecule has 1 aliphatic rings. The highest BCUT2D eigenvalue weighted by Gasteiger charge is 2.16. The molecule has 1 atom stereocenters. The zero-order chi connectivity index (χ0) is 10.9. The van der Waals surface area contributed by atoms with Crippen molar-refractivity contribution in [3.05, 3.63) is 0 Å². The van der Waals surface area contributed by atoms with E-state index in [1.165, 1.54) is 12.8 Å². The van der Waals surface area contributed by atoms with Crippen LogP contribution in [0.1, 0.15) is 33.1 Å². The van der Waals surface area contributed by atoms with Gasteiger partial charge in [-0.2, -0.15) is 0 Å². The van der Waals surface area contributed by atoms with Crippen molar-refractivity contribution in [1.29, 1.82) is 0 Å². The number of amidine groups is 1. The molecule has 4 heteroatoms. The smallest absolute Gasteiger partial charge is 0.157 e. The summed E-state index contributed by atoms with van der Waals surface area (Å²) in [6.07, 6.45) is 3.56. The summed E-state index contributed by atoms with van der Waals surface area (Å²) in [5.74, 6) is 0. The third-order valence-corrected chi connectivity index (χ3v) is 3.65. The zero-order valence-corrected chi connectivity index (χ0v) is 10.6. The van der Waals surface area contributed by atoms with Gasteiger partial charge in [0.15, 0.2) is 5.17 Å². The Kier molecular flexibility index (Phi) is 6.85. The van der Waals surface area contributed by atoms with Crippen LogP contribution in [0.2, 0.25) is 0 Å². The van der Waals surface area contributed by atoms with Crippen molar-refractivity contribution in [2.45, 2.75) is 38.4 Å². The van der Waals surface area contributed by atoms with Gasteiger partial charge in [-0.05, 0) is 12.8 Å². The van der Waals surface area contributed by atoms with E-state index in [0.29, 0.717) is 5.25 Å². The predicted molar refractivity (Wildman–Crippen MR) is 67.7 cm³/mol. The van der Waals surface area contributed by atoms with E-state index < -0.39 is 0 Å². The van der Waals surface area contributed by atoms with Crippen LogP contribution in [0.3, 0.4) is 0 Å². The predicted octanol–water partition coefficient (Wildman–Crippen LogP) is 2.27. The van der Waals surface area contributed by atoms with Crippen molar-refractivity contribution in [2.24, 2.45) is 4.99 Å². The van der Waals surface area contributed by atoms with Crippen molar-refractivity contribution >= 4 is 16.9 Å². The van der Waals surface area contributed by atoms with Gasteiger partial charge in [0, 0.05) is 18.4 Å². The number of hydrogen-bond donors (Lipinski definition) is 1. The van der Waals surface area contributed by atoms with E-state index in [0.717, 1.165) is 37.9 Å². The molecule has 0 fully saturated rings. The first-order valence-electron chi connectivity index (χ1n) is 5.89. The quantitative estimate of drug-likeness (QED) is 0.681. The monoisotopic (exact) mass is 230 g/mol. The minimum Gasteiger partial charge on any atom is -0.380 e. The molecule has 0 saturated heterocycles. The summed E-state index contributed by atoms with van der Waals surface area (Å²) < 4.78 is 5.46. The van der Waals surface area contributed by atoms with Crippen LogP contribution in [0.5, 0.6) is 0 Å². The fraction of sp³-hybridized carbons (Fsp3) is 0.909. The highest BCUT2D eigenvalue weighted by molar-refractivity contribution is 8.14. The van der Waals surface area contributed by atoms with Crippen LogP contribution in [0.25, 0.3) is 0 Å². The van der Waals surface area contributed by atoms with Gasteiger partial charge in [-0.3, -0.25) is 4.99 Å². The number of nitrogens with one attached hydrogen (secondary N) is 1. The first-order chi connectivity index (χ1) is 7.36. The number of rotatable bonds is 7. The van der Waals surface area contributed by atoms with Crippen molar-refractivity contribution < 1.29 is 4.74 Å². The molecular weight excluding hydrogens is 208 g/mol. The van der Waals surface area contributed by atoms with Gasteiger partial charge >= 0.3 is 0 Å². The average Bonchev–Trinajstić information content (AvgIpc) is 2.71. The molecule has 1 unspecified atom stereocenters. The maximum Gasteiger partial charge on any atom is 0.157 e. The Morgan fingerprint density at radius 1 is 1.47 bits per heavy atom. The number of aliphatic imine (C=N–C) groups is 1. The SMILES string of the molecule is CCCCOCCNC1=NCC(CC)S1. The Morgan fingerprint density at radius 3 is 3.00 bits per heavy atom. The lowest BCUT2D eigenvalue weighted by atomic mass is 10.3. The highest BCUT2D eigenvalue weighted by Crippen LogP contribution is 2.21. The first kappa shape index (κ1) is 12.8. The summed E-state index contributed by atoms with van der Waals surface area (Å²) in [7, 11) is 0. The molecule has 0 saturated carbocycles. The lowest BCUT2D eigenvalue weighted by Crippen LogP contribution is -2.24. The zero-order valence-electron chi connectivity index (χ0n) is 9.79. The third-order valence-electron chi connectivity index (χ3n) is 2.34. The fourth-order valence-corrected chi connectivity index (χ4v) is 2.27. The van der Waals surface area contributed by atoms with Gasteiger partial charge < -0.3 is 10.1 Å². The summed E-state index contributed by atoms with van der Waals surface area (Å²) >= 11 is 1.86. The third kappa shape index (κ3) is 5.42. The number of ether oxygens (including phenoxy) is 1. The van der Waals surface area contributed by atoms with E-state index in [1.54, 1.807) is 0 Å². The Balaban J connectivity index is 1.92. The van der Waals surface area contributed by atoms with Gasteiger partial charge in [-0.15, -0.1) is 0 Å². The Hall–Kier alpha value is -0.220. The summed E-state index contributed by atoms with van der Waals surface area (Å²) in [6, 6.07) is 0. The van der Waals surface area contributed by atoms with E-state index >= 15 is 0 Å². The van der Waals surface area contributed by atoms with E-state index in [9.17, 15) is 0 Å². The molecule has 15 heavy (non-hydrogen) atoms. The molecule has 0 aromatic rings. The van der Waals surface area contributed by atoms with Gasteiger partial charge in [0.2, 0.25) is 0 Å². The van der Waals surface area contributed by atoms with Crippen LogP contribution in [-0.4, -0.2) is 36.7 Å². The van der Waals surface area contributed by atoms with Gasteiger partial charge in [0.25, 0.3) is 0 Å². The van der Waals surface area contributed by atoms with E-state index in [1.807, 2.05) is 11.8 Å². The van der Waals surface area contributed by atoms with Gasteiger partial charge in [-0.25, -0.2) is 0 Å². The second-order valence-corrected chi connectivity index (χ2v) is 4.98. The van der Waals surface area contributed by atoms with Crippen LogP contribution in [0, 0.1) is 0 Å². The molecule has 88 valence electrons. The molecule has 1 heterocycles. The minimum atomic E-state index is 0.688. The second-order valence-electron chi connectivity index (χ2n) is 3.69. The largest absolute Gasteiger partial charge is 0.380 e. The Morgan fingerprint density at radius 2 is 2.33 bits per heavy atom. The van der Waals surface area contributed by atoms with Crippen LogP contribution in [0.15, 0.2) is 4.99 Å². The molecule has 0 spiro atoms. The van der Waals surface area contributed by atoms with Gasteiger partial charge in [0.05, 0.1) is 13.2 Å². The molecule has 0 amide bonds. The average molecular weight is 230 g/mol. The number of nitrogens with zero attached hydrogens (tertiary/aromatic N) is 1. The molecule has 1 aliphatic heterocycles. The van der Waals surface area contributed by atoms with Crippen LogP contribution < -0.4 is 5.32 Å². The van der Waals surface area contributed by atoms with Crippen LogP contribution >= 0.6 is 11.8 Å². The fourth-order valence-electron chi connectivity index (χ4n) is 1.31. The van der Waals surface area contributed by atoms with Crippen molar-refractivity contribution in [3.63, 3.8) is 0 Å². The molecule has 3 nitrogen and oxygen atoms in total. The Labute approximate surface area is 97.1 Å². The standard InChI is InChI=1S/C11H22N2OS/c1-3-5-7-14-8-6-12-11-13-9-10(4-2)15-11/h10H,3-9H2,1-2H3,(H,12,13). The Bertz CT molecular complexity index is 197. The van der Waals surface area contributed by atoms with E-state index in [4.69, 9.17) is 4.74 Å². The number of thioether (sulfide) groups is 1. The number of hydrogen-bond acceptors (Lipinski definition) is 4. The molecule has 0 radical (unpaired) electrons. The summed E-state index contributed by atoms with van der Waals surface area (Å²) in [6.45, 7) is 7.91. The first-order valence-corrected chi connectivity index (χ1v) is 6.77. The normalized spacial score (nSPS) is 20.4.